The Morgan fingerprint density at radius 2 is 1.58 bits per heavy atom. The van der Waals surface area contributed by atoms with E-state index in [0.29, 0.717) is 19.5 Å². The standard InChI is InChI=1S/C30H33N3O2.C8H12/c1-21(34)12-9-10-19-31-30(35)24(4)32-20-26-14-6-7-16-27(26)22(2)33-23(3)28-18-11-15-25-13-5-8-17-29(25)28;1-4-5-6-7-8(2)3/h5-9,11-18,23,32-33H,2,4,10,19-20H2,1,3H3,(H,31,35);4-7H,1H2,2-3H3/b12-9+;6-5-. The minimum Gasteiger partial charge on any atom is -0.378 e. The first-order chi connectivity index (χ1) is 20.6. The summed E-state index contributed by atoms with van der Waals surface area (Å²) >= 11 is 0. The van der Waals surface area contributed by atoms with E-state index in [4.69, 9.17) is 0 Å². The van der Waals surface area contributed by atoms with Crippen molar-refractivity contribution in [2.24, 2.45) is 0 Å². The molecule has 5 nitrogen and oxygen atoms in total. The maximum absolute atomic E-state index is 12.3. The van der Waals surface area contributed by atoms with Crippen LogP contribution in [0.3, 0.4) is 0 Å². The third-order valence-electron chi connectivity index (χ3n) is 6.42. The van der Waals surface area contributed by atoms with E-state index in [1.165, 1.54) is 34.9 Å². The van der Waals surface area contributed by atoms with Crippen LogP contribution in [0, 0.1) is 0 Å². The molecule has 1 atom stereocenters. The number of benzene rings is 3. The van der Waals surface area contributed by atoms with Crippen molar-refractivity contribution < 1.29 is 9.59 Å². The normalized spacial score (nSPS) is 11.3. The monoisotopic (exact) mass is 575 g/mol. The van der Waals surface area contributed by atoms with Crippen molar-refractivity contribution in [3.05, 3.63) is 151 Å². The Morgan fingerprint density at radius 1 is 0.884 bits per heavy atom. The van der Waals surface area contributed by atoms with Gasteiger partial charge in [-0.25, -0.2) is 0 Å². The highest BCUT2D eigenvalue weighted by molar-refractivity contribution is 5.92. The molecule has 0 saturated heterocycles. The van der Waals surface area contributed by atoms with Gasteiger partial charge in [0, 0.05) is 30.4 Å². The van der Waals surface area contributed by atoms with E-state index < -0.39 is 0 Å². The Bertz CT molecular complexity index is 1500. The van der Waals surface area contributed by atoms with Crippen LogP contribution in [0.25, 0.3) is 16.5 Å². The predicted octanol–water partition coefficient (Wildman–Crippen LogP) is 8.11. The number of fused-ring (bicyclic) bond motifs is 1. The molecule has 3 aromatic carbocycles. The summed E-state index contributed by atoms with van der Waals surface area (Å²) in [5, 5.41) is 11.9. The number of hydrogen-bond acceptors (Lipinski definition) is 4. The van der Waals surface area contributed by atoms with Gasteiger partial charge in [-0.15, -0.1) is 0 Å². The second kappa shape index (κ2) is 18.5. The number of allylic oxidation sites excluding steroid dienone is 6. The minimum absolute atomic E-state index is 0.0105. The van der Waals surface area contributed by atoms with Crippen LogP contribution in [0.5, 0.6) is 0 Å². The van der Waals surface area contributed by atoms with E-state index in [1.807, 2.05) is 48.6 Å². The molecule has 43 heavy (non-hydrogen) atoms. The molecule has 0 aromatic heterocycles. The molecule has 1 amide bonds. The van der Waals surface area contributed by atoms with Gasteiger partial charge in [0.25, 0.3) is 5.91 Å². The highest BCUT2D eigenvalue weighted by Crippen LogP contribution is 2.26. The summed E-state index contributed by atoms with van der Waals surface area (Å²) in [5.74, 6) is -0.274. The van der Waals surface area contributed by atoms with E-state index in [-0.39, 0.29) is 23.4 Å². The van der Waals surface area contributed by atoms with Gasteiger partial charge in [0.2, 0.25) is 0 Å². The lowest BCUT2D eigenvalue weighted by atomic mass is 9.98. The second-order valence-corrected chi connectivity index (χ2v) is 10.3. The smallest absolute Gasteiger partial charge is 0.266 e. The van der Waals surface area contributed by atoms with Crippen LogP contribution in [-0.2, 0) is 16.1 Å². The van der Waals surface area contributed by atoms with Crippen LogP contribution in [-0.4, -0.2) is 18.2 Å². The lowest BCUT2D eigenvalue weighted by molar-refractivity contribution is -0.117. The molecule has 0 heterocycles. The van der Waals surface area contributed by atoms with Crippen LogP contribution in [0.2, 0.25) is 0 Å². The Labute approximate surface area is 257 Å². The first-order valence-electron chi connectivity index (χ1n) is 14.5. The topological polar surface area (TPSA) is 70.2 Å². The summed E-state index contributed by atoms with van der Waals surface area (Å²) in [6, 6.07) is 22.7. The molecule has 224 valence electrons. The molecule has 0 fully saturated rings. The van der Waals surface area contributed by atoms with Gasteiger partial charge in [-0.05, 0) is 62.1 Å². The van der Waals surface area contributed by atoms with Crippen molar-refractivity contribution in [1.29, 1.82) is 0 Å². The van der Waals surface area contributed by atoms with Crippen LogP contribution in [0.4, 0.5) is 0 Å². The molecule has 3 N–H and O–H groups in total. The van der Waals surface area contributed by atoms with E-state index in [1.54, 1.807) is 12.2 Å². The fourth-order valence-corrected chi connectivity index (χ4v) is 4.25. The summed E-state index contributed by atoms with van der Waals surface area (Å²) in [5.41, 5.74) is 5.61. The van der Waals surface area contributed by atoms with Crippen molar-refractivity contribution >= 4 is 28.2 Å². The Kier molecular flexibility index (Phi) is 14.8. The van der Waals surface area contributed by atoms with E-state index in [9.17, 15) is 9.59 Å². The van der Waals surface area contributed by atoms with Gasteiger partial charge < -0.3 is 16.0 Å². The number of carbonyl (C=O) groups is 2. The molecule has 0 bridgehead atoms. The lowest BCUT2D eigenvalue weighted by Crippen LogP contribution is -2.31. The van der Waals surface area contributed by atoms with E-state index in [0.717, 1.165) is 16.8 Å². The van der Waals surface area contributed by atoms with Gasteiger partial charge in [0.05, 0.1) is 5.70 Å². The largest absolute Gasteiger partial charge is 0.378 e. The lowest BCUT2D eigenvalue weighted by Gasteiger charge is -2.21. The van der Waals surface area contributed by atoms with Gasteiger partial charge in [0.1, 0.15) is 0 Å². The maximum atomic E-state index is 12.3. The third kappa shape index (κ3) is 12.2. The summed E-state index contributed by atoms with van der Waals surface area (Å²) in [6.45, 7) is 20.3. The molecular weight excluding hydrogens is 530 g/mol. The number of nitrogens with one attached hydrogen (secondary N) is 3. The van der Waals surface area contributed by atoms with Gasteiger partial charge in [-0.1, -0.05) is 122 Å². The molecule has 0 aliphatic carbocycles. The molecule has 0 saturated carbocycles. The first-order valence-corrected chi connectivity index (χ1v) is 14.5. The molecule has 0 aliphatic rings. The molecule has 5 heteroatoms. The zero-order chi connectivity index (χ0) is 31.6. The fourth-order valence-electron chi connectivity index (χ4n) is 4.25. The maximum Gasteiger partial charge on any atom is 0.266 e. The number of ketones is 1. The number of rotatable bonds is 14. The minimum atomic E-state index is -0.264. The van der Waals surface area contributed by atoms with Crippen molar-refractivity contribution in [3.63, 3.8) is 0 Å². The second-order valence-electron chi connectivity index (χ2n) is 10.3. The average Bonchev–Trinajstić information content (AvgIpc) is 2.99. The fraction of sp³-hybridized carbons (Fsp3) is 0.211. The molecule has 1 unspecified atom stereocenters. The Balaban J connectivity index is 0.000000708. The molecule has 0 radical (unpaired) electrons. The van der Waals surface area contributed by atoms with E-state index >= 15 is 0 Å². The highest BCUT2D eigenvalue weighted by atomic mass is 16.2. The molecule has 0 aliphatic heterocycles. The summed E-state index contributed by atoms with van der Waals surface area (Å²) < 4.78 is 0. The molecule has 3 rings (SSSR count). The highest BCUT2D eigenvalue weighted by Gasteiger charge is 2.13. The van der Waals surface area contributed by atoms with Gasteiger partial charge in [-0.3, -0.25) is 9.59 Å². The Hall–Kier alpha value is -4.90. The van der Waals surface area contributed by atoms with Crippen LogP contribution in [0.15, 0.2) is 134 Å². The van der Waals surface area contributed by atoms with Gasteiger partial charge in [-0.2, -0.15) is 0 Å². The van der Waals surface area contributed by atoms with Crippen molar-refractivity contribution in [3.8, 4) is 0 Å². The molecule has 0 spiro atoms. The number of hydrogen-bond donors (Lipinski definition) is 3. The zero-order valence-electron chi connectivity index (χ0n) is 26.0. The summed E-state index contributed by atoms with van der Waals surface area (Å²) in [6.07, 6.45) is 11.5. The van der Waals surface area contributed by atoms with Crippen LogP contribution < -0.4 is 16.0 Å². The van der Waals surface area contributed by atoms with Gasteiger partial charge >= 0.3 is 0 Å². The van der Waals surface area contributed by atoms with Crippen molar-refractivity contribution in [1.82, 2.24) is 16.0 Å². The van der Waals surface area contributed by atoms with Crippen molar-refractivity contribution in [2.75, 3.05) is 6.54 Å². The quantitative estimate of drug-likeness (QED) is 0.103. The third-order valence-corrected chi connectivity index (χ3v) is 6.42. The Morgan fingerprint density at radius 3 is 2.30 bits per heavy atom. The van der Waals surface area contributed by atoms with Crippen LogP contribution in [0.1, 0.15) is 56.8 Å². The molecule has 3 aromatic rings. The predicted molar refractivity (Wildman–Crippen MR) is 183 cm³/mol. The number of carbonyl (C=O) groups excluding carboxylic acids is 2. The summed E-state index contributed by atoms with van der Waals surface area (Å²) in [4.78, 5) is 23.2. The SMILES string of the molecule is C=C(NCc1ccccc1C(=C)NC(C)c1cccc2ccccc12)C(=O)NCC/C=C/C(C)=O.C=C/C=C\C=C(C)C. The molecular formula is C38H45N3O2. The first kappa shape index (κ1) is 34.3. The van der Waals surface area contributed by atoms with Crippen molar-refractivity contribution in [2.45, 2.75) is 46.7 Å². The average molecular weight is 576 g/mol. The zero-order valence-corrected chi connectivity index (χ0v) is 26.0. The summed E-state index contributed by atoms with van der Waals surface area (Å²) in [7, 11) is 0. The van der Waals surface area contributed by atoms with Gasteiger partial charge in [0.15, 0.2) is 5.78 Å². The van der Waals surface area contributed by atoms with Crippen LogP contribution >= 0.6 is 0 Å². The van der Waals surface area contributed by atoms with E-state index in [2.05, 4.69) is 92.9 Å². The number of amides is 1.